The van der Waals surface area contributed by atoms with Gasteiger partial charge < -0.3 is 4.74 Å². The molecule has 0 fully saturated rings. The fraction of sp³-hybridized carbons (Fsp3) is 0.278. The molecule has 2 aromatic rings. The minimum absolute atomic E-state index is 0.0384. The van der Waals surface area contributed by atoms with Crippen LogP contribution in [0.2, 0.25) is 0 Å². The summed E-state index contributed by atoms with van der Waals surface area (Å²) < 4.78 is 30.3. The number of carbonyl (C=O) groups excluding carboxylic acids is 1. The van der Waals surface area contributed by atoms with E-state index in [4.69, 9.17) is 4.74 Å². The first-order valence-electron chi connectivity index (χ1n) is 7.71. The maximum Gasteiger partial charge on any atom is 0.316 e. The average molecular weight is 443 g/mol. The normalized spacial score (nSPS) is 11.3. The van der Waals surface area contributed by atoms with Crippen molar-refractivity contribution in [3.05, 3.63) is 58.6 Å². The summed E-state index contributed by atoms with van der Waals surface area (Å²) >= 11 is 4.81. The Kier molecular flexibility index (Phi) is 7.53. The third-order valence-electron chi connectivity index (χ3n) is 3.41. The second kappa shape index (κ2) is 9.40. The molecule has 0 aliphatic heterocycles. The van der Waals surface area contributed by atoms with Crippen molar-refractivity contribution in [2.45, 2.75) is 23.1 Å². The molecule has 2 rings (SSSR count). The predicted molar refractivity (Wildman–Crippen MR) is 104 cm³/mol. The minimum Gasteiger partial charge on any atom is -0.465 e. The number of aryl methyl sites for hydroxylation is 1. The van der Waals surface area contributed by atoms with Gasteiger partial charge in [-0.1, -0.05) is 34.1 Å². The molecule has 134 valence electrons. The highest BCUT2D eigenvalue weighted by Gasteiger charge is 2.14. The highest BCUT2D eigenvalue weighted by Crippen LogP contribution is 2.25. The number of hydrogen-bond donors (Lipinski definition) is 0. The smallest absolute Gasteiger partial charge is 0.316 e. The topological polar surface area (TPSA) is 60.4 Å². The Morgan fingerprint density at radius 1 is 1.16 bits per heavy atom. The molecule has 4 nitrogen and oxygen atoms in total. The van der Waals surface area contributed by atoms with E-state index in [1.807, 2.05) is 25.1 Å². The highest BCUT2D eigenvalue weighted by atomic mass is 79.9. The Morgan fingerprint density at radius 3 is 2.56 bits per heavy atom. The van der Waals surface area contributed by atoms with Crippen LogP contribution in [0.25, 0.3) is 0 Å². The first kappa shape index (κ1) is 20.0. The van der Waals surface area contributed by atoms with Crippen LogP contribution < -0.4 is 0 Å². The van der Waals surface area contributed by atoms with Crippen LogP contribution >= 0.6 is 27.7 Å². The lowest BCUT2D eigenvalue weighted by Gasteiger charge is -2.07. The number of hydrogen-bond acceptors (Lipinski definition) is 5. The van der Waals surface area contributed by atoms with Crippen molar-refractivity contribution in [3.63, 3.8) is 0 Å². The van der Waals surface area contributed by atoms with Crippen LogP contribution in [0.1, 0.15) is 12.0 Å². The van der Waals surface area contributed by atoms with Crippen LogP contribution in [0.3, 0.4) is 0 Å². The van der Waals surface area contributed by atoms with E-state index in [2.05, 4.69) is 15.9 Å². The molecule has 0 saturated heterocycles. The lowest BCUT2D eigenvalue weighted by atomic mass is 10.2. The number of benzene rings is 2. The standard InChI is InChI=1S/C18H19BrO4S2/c1-14-12-15(19)8-9-17(14)24-13-18(20)23-10-5-11-25(21,22)16-6-3-2-4-7-16/h2-4,6-9,12H,5,10-11,13H2,1H3. The molecule has 0 radical (unpaired) electrons. The summed E-state index contributed by atoms with van der Waals surface area (Å²) in [4.78, 5) is 13.1. The number of sulfone groups is 1. The van der Waals surface area contributed by atoms with Gasteiger partial charge in [0.25, 0.3) is 0 Å². The van der Waals surface area contributed by atoms with Gasteiger partial charge in [-0.25, -0.2) is 8.42 Å². The van der Waals surface area contributed by atoms with E-state index < -0.39 is 9.84 Å². The molecule has 0 spiro atoms. The maximum absolute atomic E-state index is 12.1. The van der Waals surface area contributed by atoms with Gasteiger partial charge in [0.05, 0.1) is 23.0 Å². The lowest BCUT2D eigenvalue weighted by Crippen LogP contribution is -2.13. The first-order valence-corrected chi connectivity index (χ1v) is 11.1. The van der Waals surface area contributed by atoms with E-state index in [1.165, 1.54) is 11.8 Å². The molecule has 0 aliphatic carbocycles. The first-order chi connectivity index (χ1) is 11.9. The van der Waals surface area contributed by atoms with Gasteiger partial charge in [0.15, 0.2) is 9.84 Å². The van der Waals surface area contributed by atoms with Crippen LogP contribution in [0.15, 0.2) is 62.8 Å². The Balaban J connectivity index is 1.72. The van der Waals surface area contributed by atoms with E-state index in [0.717, 1.165) is 14.9 Å². The van der Waals surface area contributed by atoms with E-state index in [9.17, 15) is 13.2 Å². The molecule has 0 amide bonds. The second-order valence-corrected chi connectivity index (χ2v) is 9.45. The quantitative estimate of drug-likeness (QED) is 0.347. The Hall–Kier alpha value is -1.31. The van der Waals surface area contributed by atoms with Gasteiger partial charge in [-0.05, 0) is 49.2 Å². The average Bonchev–Trinajstić information content (AvgIpc) is 2.59. The summed E-state index contributed by atoms with van der Waals surface area (Å²) in [5.41, 5.74) is 1.08. The summed E-state index contributed by atoms with van der Waals surface area (Å²) in [6, 6.07) is 14.1. The molecular weight excluding hydrogens is 424 g/mol. The Labute approximate surface area is 161 Å². The van der Waals surface area contributed by atoms with Crippen LogP contribution in [0.5, 0.6) is 0 Å². The summed E-state index contributed by atoms with van der Waals surface area (Å²) in [6.07, 6.45) is 0.283. The third-order valence-corrected chi connectivity index (χ3v) is 6.86. The number of halogens is 1. The summed E-state index contributed by atoms with van der Waals surface area (Å²) in [5.74, 6) is -0.179. The molecule has 0 bridgehead atoms. The molecular formula is C18H19BrO4S2. The number of carbonyl (C=O) groups is 1. The van der Waals surface area contributed by atoms with Crippen molar-refractivity contribution in [1.82, 2.24) is 0 Å². The molecule has 0 heterocycles. The van der Waals surface area contributed by atoms with Crippen molar-refractivity contribution < 1.29 is 17.9 Å². The van der Waals surface area contributed by atoms with Crippen molar-refractivity contribution in [1.29, 1.82) is 0 Å². The van der Waals surface area contributed by atoms with E-state index >= 15 is 0 Å². The van der Waals surface area contributed by atoms with Gasteiger partial charge >= 0.3 is 5.97 Å². The second-order valence-electron chi connectivity index (χ2n) is 5.40. The molecule has 7 heteroatoms. The van der Waals surface area contributed by atoms with Gasteiger partial charge in [-0.2, -0.15) is 0 Å². The maximum atomic E-state index is 12.1. The fourth-order valence-electron chi connectivity index (χ4n) is 2.13. The van der Waals surface area contributed by atoms with Crippen LogP contribution in [-0.4, -0.2) is 32.5 Å². The summed E-state index contributed by atoms with van der Waals surface area (Å²) in [7, 11) is -3.32. The molecule has 0 unspecified atom stereocenters. The zero-order valence-electron chi connectivity index (χ0n) is 13.8. The van der Waals surface area contributed by atoms with Crippen LogP contribution in [0, 0.1) is 6.92 Å². The van der Waals surface area contributed by atoms with Gasteiger partial charge in [0.1, 0.15) is 0 Å². The molecule has 0 N–H and O–H groups in total. The highest BCUT2D eigenvalue weighted by molar-refractivity contribution is 9.10. The molecule has 0 atom stereocenters. The lowest BCUT2D eigenvalue weighted by molar-refractivity contribution is -0.140. The zero-order valence-corrected chi connectivity index (χ0v) is 17.0. The number of esters is 1. The SMILES string of the molecule is Cc1cc(Br)ccc1SCC(=O)OCCCS(=O)(=O)c1ccccc1. The molecule has 0 saturated carbocycles. The molecule has 25 heavy (non-hydrogen) atoms. The fourth-order valence-corrected chi connectivity index (χ4v) is 4.72. The van der Waals surface area contributed by atoms with Gasteiger partial charge in [-0.3, -0.25) is 4.79 Å². The summed E-state index contributed by atoms with van der Waals surface area (Å²) in [6.45, 7) is 2.08. The monoisotopic (exact) mass is 442 g/mol. The number of thioether (sulfide) groups is 1. The number of ether oxygens (including phenoxy) is 1. The minimum atomic E-state index is -3.32. The predicted octanol–water partition coefficient (Wildman–Crippen LogP) is 4.26. The van der Waals surface area contributed by atoms with Crippen LogP contribution in [0.4, 0.5) is 0 Å². The Morgan fingerprint density at radius 2 is 1.88 bits per heavy atom. The molecule has 0 aromatic heterocycles. The van der Waals surface area contributed by atoms with E-state index in [-0.39, 0.29) is 30.5 Å². The van der Waals surface area contributed by atoms with Gasteiger partial charge in [0, 0.05) is 9.37 Å². The van der Waals surface area contributed by atoms with Gasteiger partial charge in [0.2, 0.25) is 0 Å². The van der Waals surface area contributed by atoms with Crippen molar-refractivity contribution in [2.24, 2.45) is 0 Å². The Bertz CT molecular complexity index is 820. The van der Waals surface area contributed by atoms with Crippen LogP contribution in [-0.2, 0) is 19.4 Å². The zero-order chi connectivity index (χ0) is 18.3. The van der Waals surface area contributed by atoms with Crippen molar-refractivity contribution >= 4 is 43.5 Å². The van der Waals surface area contributed by atoms with Gasteiger partial charge in [-0.15, -0.1) is 11.8 Å². The van der Waals surface area contributed by atoms with Crippen molar-refractivity contribution in [2.75, 3.05) is 18.1 Å². The van der Waals surface area contributed by atoms with E-state index in [0.29, 0.717) is 4.90 Å². The third kappa shape index (κ3) is 6.49. The van der Waals surface area contributed by atoms with E-state index in [1.54, 1.807) is 30.3 Å². The molecule has 2 aromatic carbocycles. The summed E-state index contributed by atoms with van der Waals surface area (Å²) in [5, 5.41) is 0. The largest absolute Gasteiger partial charge is 0.465 e. The van der Waals surface area contributed by atoms with Crippen molar-refractivity contribution in [3.8, 4) is 0 Å². The number of rotatable bonds is 8. The molecule has 0 aliphatic rings.